The molecule has 0 aliphatic carbocycles. The Balaban J connectivity index is 1.81. The SMILES string of the molecule is Cc1ccc(C(=O)NCCCN2CCC(C)CC2)cc1NS(C)(=O)=O. The number of nitrogens with one attached hydrogen (secondary N) is 2. The first-order valence-corrected chi connectivity index (χ1v) is 10.7. The first kappa shape index (κ1) is 19.7. The number of carbonyl (C=O) groups is 1. The largest absolute Gasteiger partial charge is 0.352 e. The van der Waals surface area contributed by atoms with Gasteiger partial charge in [0.2, 0.25) is 10.0 Å². The highest BCUT2D eigenvalue weighted by molar-refractivity contribution is 7.92. The Kier molecular flexibility index (Phi) is 6.84. The maximum atomic E-state index is 12.3. The summed E-state index contributed by atoms with van der Waals surface area (Å²) >= 11 is 0. The van der Waals surface area contributed by atoms with Crippen molar-refractivity contribution in [2.75, 3.05) is 37.2 Å². The molecule has 6 nitrogen and oxygen atoms in total. The van der Waals surface area contributed by atoms with E-state index in [1.54, 1.807) is 25.1 Å². The van der Waals surface area contributed by atoms with Gasteiger partial charge in [0.25, 0.3) is 5.91 Å². The van der Waals surface area contributed by atoms with Gasteiger partial charge in [-0.1, -0.05) is 13.0 Å². The zero-order valence-corrected chi connectivity index (χ0v) is 16.2. The summed E-state index contributed by atoms with van der Waals surface area (Å²) in [6, 6.07) is 5.04. The van der Waals surface area contributed by atoms with E-state index in [0.29, 0.717) is 17.8 Å². The van der Waals surface area contributed by atoms with Crippen molar-refractivity contribution in [1.29, 1.82) is 0 Å². The maximum absolute atomic E-state index is 12.3. The molecular weight excluding hydrogens is 338 g/mol. The number of amides is 1. The number of anilines is 1. The Hall–Kier alpha value is -1.60. The van der Waals surface area contributed by atoms with Gasteiger partial charge >= 0.3 is 0 Å². The fraction of sp³-hybridized carbons (Fsp3) is 0.611. The fourth-order valence-electron chi connectivity index (χ4n) is 2.97. The number of hydrogen-bond acceptors (Lipinski definition) is 4. The number of aryl methyl sites for hydroxylation is 1. The second-order valence-electron chi connectivity index (χ2n) is 7.04. The molecule has 0 atom stereocenters. The Morgan fingerprint density at radius 3 is 2.60 bits per heavy atom. The number of benzene rings is 1. The Bertz CT molecular complexity index is 696. The molecule has 1 aliphatic rings. The molecule has 0 bridgehead atoms. The number of likely N-dealkylation sites (tertiary alicyclic amines) is 1. The first-order chi connectivity index (χ1) is 11.7. The van der Waals surface area contributed by atoms with Gasteiger partial charge in [0.05, 0.1) is 11.9 Å². The molecule has 1 aliphatic heterocycles. The Labute approximate surface area is 151 Å². The van der Waals surface area contributed by atoms with Crippen molar-refractivity contribution >= 4 is 21.6 Å². The van der Waals surface area contributed by atoms with E-state index in [1.807, 2.05) is 0 Å². The lowest BCUT2D eigenvalue weighted by Crippen LogP contribution is -2.35. The summed E-state index contributed by atoms with van der Waals surface area (Å²) in [6.45, 7) is 8.01. The van der Waals surface area contributed by atoms with E-state index in [1.165, 1.54) is 12.8 Å². The van der Waals surface area contributed by atoms with E-state index < -0.39 is 10.0 Å². The molecule has 1 heterocycles. The zero-order valence-electron chi connectivity index (χ0n) is 15.3. The van der Waals surface area contributed by atoms with Crippen LogP contribution in [0.4, 0.5) is 5.69 Å². The first-order valence-electron chi connectivity index (χ1n) is 8.83. The molecule has 2 rings (SSSR count). The minimum atomic E-state index is -3.37. The third kappa shape index (κ3) is 6.66. The summed E-state index contributed by atoms with van der Waals surface area (Å²) in [5.41, 5.74) is 1.68. The topological polar surface area (TPSA) is 78.5 Å². The molecule has 1 amide bonds. The van der Waals surface area contributed by atoms with Crippen LogP contribution in [0.1, 0.15) is 42.1 Å². The monoisotopic (exact) mass is 367 g/mol. The summed E-state index contributed by atoms with van der Waals surface area (Å²) in [4.78, 5) is 14.7. The van der Waals surface area contributed by atoms with Gasteiger partial charge in [-0.2, -0.15) is 0 Å². The predicted molar refractivity (Wildman–Crippen MR) is 101 cm³/mol. The molecule has 25 heavy (non-hydrogen) atoms. The molecule has 0 saturated carbocycles. The predicted octanol–water partition coefficient (Wildman–Crippen LogP) is 2.22. The number of piperidine rings is 1. The number of rotatable bonds is 7. The highest BCUT2D eigenvalue weighted by atomic mass is 32.2. The van der Waals surface area contributed by atoms with E-state index in [0.717, 1.165) is 43.8 Å². The van der Waals surface area contributed by atoms with Gasteiger partial charge in [-0.3, -0.25) is 9.52 Å². The lowest BCUT2D eigenvalue weighted by molar-refractivity contribution is 0.0950. The van der Waals surface area contributed by atoms with Gasteiger partial charge in [-0.25, -0.2) is 8.42 Å². The van der Waals surface area contributed by atoms with Crippen LogP contribution in [-0.2, 0) is 10.0 Å². The summed E-state index contributed by atoms with van der Waals surface area (Å²) in [5.74, 6) is 0.649. The minimum absolute atomic E-state index is 0.177. The molecule has 2 N–H and O–H groups in total. The lowest BCUT2D eigenvalue weighted by Gasteiger charge is -2.30. The lowest BCUT2D eigenvalue weighted by atomic mass is 9.99. The van der Waals surface area contributed by atoms with Gasteiger partial charge in [0, 0.05) is 12.1 Å². The van der Waals surface area contributed by atoms with Crippen LogP contribution in [0, 0.1) is 12.8 Å². The molecule has 1 aromatic rings. The van der Waals surface area contributed by atoms with Crippen LogP contribution < -0.4 is 10.0 Å². The van der Waals surface area contributed by atoms with Crippen LogP contribution in [0.5, 0.6) is 0 Å². The van der Waals surface area contributed by atoms with E-state index in [-0.39, 0.29) is 5.91 Å². The number of nitrogens with zero attached hydrogens (tertiary/aromatic N) is 1. The molecule has 0 unspecified atom stereocenters. The highest BCUT2D eigenvalue weighted by Gasteiger charge is 2.15. The van der Waals surface area contributed by atoms with E-state index in [9.17, 15) is 13.2 Å². The van der Waals surface area contributed by atoms with Gasteiger partial charge in [0.1, 0.15) is 0 Å². The molecule has 1 fully saturated rings. The summed E-state index contributed by atoms with van der Waals surface area (Å²) < 4.78 is 25.2. The molecule has 140 valence electrons. The van der Waals surface area contributed by atoms with E-state index >= 15 is 0 Å². The van der Waals surface area contributed by atoms with Crippen LogP contribution in [-0.4, -0.2) is 51.7 Å². The van der Waals surface area contributed by atoms with Gasteiger partial charge < -0.3 is 10.2 Å². The molecule has 0 spiro atoms. The zero-order chi connectivity index (χ0) is 18.4. The highest BCUT2D eigenvalue weighted by Crippen LogP contribution is 2.18. The molecule has 7 heteroatoms. The second kappa shape index (κ2) is 8.67. The standard InChI is InChI=1S/C18H29N3O3S/c1-14-7-11-21(12-8-14)10-4-9-19-18(22)16-6-5-15(2)17(13-16)20-25(3,23)24/h5-6,13-14,20H,4,7-12H2,1-3H3,(H,19,22). The number of sulfonamides is 1. The molecular formula is C18H29N3O3S. The Morgan fingerprint density at radius 2 is 1.96 bits per heavy atom. The quantitative estimate of drug-likeness (QED) is 0.725. The van der Waals surface area contributed by atoms with Crippen LogP contribution in [0.3, 0.4) is 0 Å². The van der Waals surface area contributed by atoms with E-state index in [4.69, 9.17) is 0 Å². The molecule has 0 aromatic heterocycles. The summed E-state index contributed by atoms with van der Waals surface area (Å²) in [5, 5.41) is 2.91. The number of hydrogen-bond donors (Lipinski definition) is 2. The third-order valence-electron chi connectivity index (χ3n) is 4.61. The molecule has 0 radical (unpaired) electrons. The maximum Gasteiger partial charge on any atom is 0.251 e. The van der Waals surface area contributed by atoms with Crippen molar-refractivity contribution in [1.82, 2.24) is 10.2 Å². The number of carbonyl (C=O) groups excluding carboxylic acids is 1. The second-order valence-corrected chi connectivity index (χ2v) is 8.79. The van der Waals surface area contributed by atoms with Crippen LogP contribution >= 0.6 is 0 Å². The van der Waals surface area contributed by atoms with Gasteiger partial charge in [-0.15, -0.1) is 0 Å². The molecule has 1 saturated heterocycles. The van der Waals surface area contributed by atoms with Gasteiger partial charge in [-0.05, 0) is 69.4 Å². The average Bonchev–Trinajstić information content (AvgIpc) is 2.54. The van der Waals surface area contributed by atoms with Crippen molar-refractivity contribution < 1.29 is 13.2 Å². The minimum Gasteiger partial charge on any atom is -0.352 e. The molecule has 1 aromatic carbocycles. The Morgan fingerprint density at radius 1 is 1.28 bits per heavy atom. The van der Waals surface area contributed by atoms with Crippen LogP contribution in [0.2, 0.25) is 0 Å². The van der Waals surface area contributed by atoms with Crippen LogP contribution in [0.15, 0.2) is 18.2 Å². The fourth-order valence-corrected chi connectivity index (χ4v) is 3.58. The normalized spacial score (nSPS) is 16.6. The van der Waals surface area contributed by atoms with E-state index in [2.05, 4.69) is 21.9 Å². The van der Waals surface area contributed by atoms with Crippen molar-refractivity contribution in [3.05, 3.63) is 29.3 Å². The van der Waals surface area contributed by atoms with Crippen molar-refractivity contribution in [3.63, 3.8) is 0 Å². The van der Waals surface area contributed by atoms with Crippen LogP contribution in [0.25, 0.3) is 0 Å². The smallest absolute Gasteiger partial charge is 0.251 e. The third-order valence-corrected chi connectivity index (χ3v) is 5.20. The summed E-state index contributed by atoms with van der Waals surface area (Å²) in [6.07, 6.45) is 4.53. The average molecular weight is 368 g/mol. The van der Waals surface area contributed by atoms with Crippen molar-refractivity contribution in [2.45, 2.75) is 33.1 Å². The van der Waals surface area contributed by atoms with Crippen molar-refractivity contribution in [2.24, 2.45) is 5.92 Å². The summed E-state index contributed by atoms with van der Waals surface area (Å²) in [7, 11) is -3.37. The van der Waals surface area contributed by atoms with Gasteiger partial charge in [0.15, 0.2) is 0 Å². The van der Waals surface area contributed by atoms with Crippen molar-refractivity contribution in [3.8, 4) is 0 Å².